The highest BCUT2D eigenvalue weighted by Gasteiger charge is 2.13. The van der Waals surface area contributed by atoms with E-state index in [0.717, 1.165) is 16.5 Å². The maximum absolute atomic E-state index is 5.35. The molecule has 0 saturated heterocycles. The van der Waals surface area contributed by atoms with E-state index in [1.165, 1.54) is 5.56 Å². The number of methoxy groups -OCH3 is 1. The van der Waals surface area contributed by atoms with Gasteiger partial charge in [-0.25, -0.2) is 9.97 Å². The third kappa shape index (κ3) is 2.58. The molecule has 0 unspecified atom stereocenters. The van der Waals surface area contributed by atoms with Crippen molar-refractivity contribution < 1.29 is 9.26 Å². The van der Waals surface area contributed by atoms with Crippen LogP contribution in [-0.2, 0) is 0 Å². The maximum atomic E-state index is 5.35. The number of aryl methyl sites for hydroxylation is 1. The number of benzene rings is 1. The number of aromatic nitrogens is 4. The quantitative estimate of drug-likeness (QED) is 0.574. The predicted molar refractivity (Wildman–Crippen MR) is 89.6 cm³/mol. The van der Waals surface area contributed by atoms with Crippen molar-refractivity contribution in [2.75, 3.05) is 7.11 Å². The number of fused-ring (bicyclic) bond motifs is 1. The van der Waals surface area contributed by atoms with Crippen LogP contribution in [0.1, 0.15) is 5.56 Å². The molecule has 0 fully saturated rings. The van der Waals surface area contributed by atoms with E-state index >= 15 is 0 Å². The first-order valence-electron chi connectivity index (χ1n) is 7.45. The van der Waals surface area contributed by atoms with Crippen molar-refractivity contribution in [3.8, 4) is 28.9 Å². The lowest BCUT2D eigenvalue weighted by atomic mass is 10.1. The van der Waals surface area contributed by atoms with Crippen molar-refractivity contribution in [2.45, 2.75) is 6.92 Å². The molecule has 6 heteroatoms. The van der Waals surface area contributed by atoms with Gasteiger partial charge in [-0.15, -0.1) is 0 Å². The third-order valence-electron chi connectivity index (χ3n) is 3.69. The van der Waals surface area contributed by atoms with Gasteiger partial charge in [0.2, 0.25) is 11.7 Å². The van der Waals surface area contributed by atoms with Gasteiger partial charge in [0.25, 0.3) is 5.89 Å². The van der Waals surface area contributed by atoms with Crippen LogP contribution in [0.4, 0.5) is 0 Å². The molecule has 3 heterocycles. The Kier molecular flexibility index (Phi) is 3.42. The summed E-state index contributed by atoms with van der Waals surface area (Å²) in [6, 6.07) is 13.5. The predicted octanol–water partition coefficient (Wildman–Crippen LogP) is 3.66. The summed E-state index contributed by atoms with van der Waals surface area (Å²) in [4.78, 5) is 13.1. The first-order valence-corrected chi connectivity index (χ1v) is 7.45. The van der Waals surface area contributed by atoms with Crippen molar-refractivity contribution in [3.63, 3.8) is 0 Å². The first kappa shape index (κ1) is 14.3. The van der Waals surface area contributed by atoms with Gasteiger partial charge in [-0.1, -0.05) is 22.9 Å². The molecular weight excluding hydrogens is 304 g/mol. The van der Waals surface area contributed by atoms with Crippen molar-refractivity contribution in [3.05, 3.63) is 54.2 Å². The van der Waals surface area contributed by atoms with Crippen LogP contribution in [0.5, 0.6) is 5.88 Å². The summed E-state index contributed by atoms with van der Waals surface area (Å²) in [5.74, 6) is 1.34. The zero-order valence-corrected chi connectivity index (χ0v) is 13.2. The number of rotatable bonds is 3. The molecule has 0 N–H and O–H groups in total. The van der Waals surface area contributed by atoms with E-state index in [1.807, 2.05) is 24.3 Å². The molecule has 118 valence electrons. The molecule has 0 atom stereocenters. The molecule has 24 heavy (non-hydrogen) atoms. The fraction of sp³-hybridized carbons (Fsp3) is 0.111. The molecule has 0 radical (unpaired) electrons. The van der Waals surface area contributed by atoms with Crippen LogP contribution in [0, 0.1) is 6.92 Å². The van der Waals surface area contributed by atoms with E-state index in [0.29, 0.717) is 23.3 Å². The van der Waals surface area contributed by atoms with Gasteiger partial charge in [0.15, 0.2) is 0 Å². The summed E-state index contributed by atoms with van der Waals surface area (Å²) in [5.41, 5.74) is 3.51. The molecule has 0 aliphatic rings. The summed E-state index contributed by atoms with van der Waals surface area (Å²) < 4.78 is 10.5. The summed E-state index contributed by atoms with van der Waals surface area (Å²) in [7, 11) is 1.56. The van der Waals surface area contributed by atoms with Crippen LogP contribution >= 0.6 is 0 Å². The van der Waals surface area contributed by atoms with Gasteiger partial charge in [-0.3, -0.25) is 0 Å². The highest BCUT2D eigenvalue weighted by Crippen LogP contribution is 2.24. The van der Waals surface area contributed by atoms with E-state index in [1.54, 1.807) is 25.4 Å². The Morgan fingerprint density at radius 1 is 1.00 bits per heavy atom. The third-order valence-corrected chi connectivity index (χ3v) is 3.69. The molecule has 0 aliphatic heterocycles. The number of pyridine rings is 2. The van der Waals surface area contributed by atoms with E-state index < -0.39 is 0 Å². The van der Waals surface area contributed by atoms with Crippen LogP contribution in [0.25, 0.3) is 33.9 Å². The van der Waals surface area contributed by atoms with E-state index in [4.69, 9.17) is 9.26 Å². The minimum absolute atomic E-state index is 0.400. The molecule has 0 amide bonds. The topological polar surface area (TPSA) is 73.9 Å². The zero-order chi connectivity index (χ0) is 16.5. The van der Waals surface area contributed by atoms with Crippen molar-refractivity contribution in [2.24, 2.45) is 0 Å². The second-order valence-corrected chi connectivity index (χ2v) is 5.40. The van der Waals surface area contributed by atoms with Crippen LogP contribution in [0.2, 0.25) is 0 Å². The molecule has 4 rings (SSSR count). The van der Waals surface area contributed by atoms with Gasteiger partial charge < -0.3 is 9.26 Å². The number of hydrogen-bond acceptors (Lipinski definition) is 6. The fourth-order valence-electron chi connectivity index (χ4n) is 2.47. The van der Waals surface area contributed by atoms with Gasteiger partial charge in [0, 0.05) is 23.2 Å². The molecule has 0 aliphatic carbocycles. The minimum Gasteiger partial charge on any atom is -0.481 e. The molecule has 6 nitrogen and oxygen atoms in total. The Hall–Kier alpha value is -3.28. The van der Waals surface area contributed by atoms with Gasteiger partial charge in [0.1, 0.15) is 5.69 Å². The molecule has 1 aromatic carbocycles. The second kappa shape index (κ2) is 5.73. The lowest BCUT2D eigenvalue weighted by molar-refractivity contribution is 0.397. The summed E-state index contributed by atoms with van der Waals surface area (Å²) in [6.45, 7) is 2.06. The zero-order valence-electron chi connectivity index (χ0n) is 13.2. The second-order valence-electron chi connectivity index (χ2n) is 5.40. The number of ether oxygens (including phenoxy) is 1. The molecule has 0 saturated carbocycles. The summed E-state index contributed by atoms with van der Waals surface area (Å²) >= 11 is 0. The van der Waals surface area contributed by atoms with Gasteiger partial charge >= 0.3 is 0 Å². The fourth-order valence-corrected chi connectivity index (χ4v) is 2.47. The number of nitrogens with zero attached hydrogens (tertiary/aromatic N) is 4. The summed E-state index contributed by atoms with van der Waals surface area (Å²) in [6.07, 6.45) is 1.63. The Bertz CT molecular complexity index is 1030. The molecular formula is C18H14N4O2. The Morgan fingerprint density at radius 2 is 1.92 bits per heavy atom. The van der Waals surface area contributed by atoms with E-state index in [9.17, 15) is 0 Å². The van der Waals surface area contributed by atoms with Gasteiger partial charge in [-0.05, 0) is 31.2 Å². The molecule has 3 aromatic heterocycles. The lowest BCUT2D eigenvalue weighted by Gasteiger charge is -2.00. The van der Waals surface area contributed by atoms with Crippen molar-refractivity contribution in [1.29, 1.82) is 0 Å². The highest BCUT2D eigenvalue weighted by molar-refractivity contribution is 5.81. The Labute approximate surface area is 138 Å². The van der Waals surface area contributed by atoms with E-state index in [-0.39, 0.29) is 0 Å². The SMILES string of the molecule is COc1cc(-c2nc(-c3ccc4cc(C)ccc4n3)no2)ccn1. The van der Waals surface area contributed by atoms with Gasteiger partial charge in [-0.2, -0.15) is 4.98 Å². The first-order chi connectivity index (χ1) is 11.7. The normalized spacial score (nSPS) is 10.9. The smallest absolute Gasteiger partial charge is 0.258 e. The largest absolute Gasteiger partial charge is 0.481 e. The standard InChI is InChI=1S/C18H14N4O2/c1-11-3-5-14-12(9-11)4-6-15(20-14)17-21-18(24-22-17)13-7-8-19-16(10-13)23-2/h3-10H,1-2H3. The monoisotopic (exact) mass is 318 g/mol. The van der Waals surface area contributed by atoms with E-state index in [2.05, 4.69) is 33.1 Å². The van der Waals surface area contributed by atoms with Crippen LogP contribution in [-0.4, -0.2) is 27.2 Å². The summed E-state index contributed by atoms with van der Waals surface area (Å²) in [5, 5.41) is 5.12. The maximum Gasteiger partial charge on any atom is 0.258 e. The van der Waals surface area contributed by atoms with Crippen LogP contribution in [0.3, 0.4) is 0 Å². The van der Waals surface area contributed by atoms with Crippen molar-refractivity contribution >= 4 is 10.9 Å². The molecule has 0 bridgehead atoms. The minimum atomic E-state index is 0.400. The number of hydrogen-bond donors (Lipinski definition) is 0. The van der Waals surface area contributed by atoms with Crippen molar-refractivity contribution in [1.82, 2.24) is 20.1 Å². The average Bonchev–Trinajstić information content (AvgIpc) is 3.11. The molecule has 4 aromatic rings. The Balaban J connectivity index is 1.73. The Morgan fingerprint density at radius 3 is 2.79 bits per heavy atom. The molecule has 0 spiro atoms. The lowest BCUT2D eigenvalue weighted by Crippen LogP contribution is -1.89. The highest BCUT2D eigenvalue weighted by atomic mass is 16.5. The van der Waals surface area contributed by atoms with Crippen LogP contribution in [0.15, 0.2) is 53.2 Å². The average molecular weight is 318 g/mol. The van der Waals surface area contributed by atoms with Gasteiger partial charge in [0.05, 0.1) is 12.6 Å². The van der Waals surface area contributed by atoms with Crippen LogP contribution < -0.4 is 4.74 Å².